The number of hydrogen-bond donors (Lipinski definition) is 1. The van der Waals surface area contributed by atoms with Gasteiger partial charge in [0.15, 0.2) is 0 Å². The van der Waals surface area contributed by atoms with Gasteiger partial charge in [0.05, 0.1) is 0 Å². The van der Waals surface area contributed by atoms with Crippen LogP contribution in [0.25, 0.3) is 0 Å². The largest absolute Gasteiger partial charge is 0.313 e. The van der Waals surface area contributed by atoms with Gasteiger partial charge in [0.25, 0.3) is 0 Å². The Balaban J connectivity index is 2.21. The third-order valence-corrected chi connectivity index (χ3v) is 3.88. The van der Waals surface area contributed by atoms with Crippen LogP contribution in [-0.2, 0) is 6.42 Å². The standard InChI is InChI=1S/C16H17BrFN/c1-11-9-15(18)8-5-13(11)10-16(19-2)12-3-6-14(17)7-4-12/h3-9,16,19H,10H2,1-2H3. The van der Waals surface area contributed by atoms with Gasteiger partial charge in [-0.3, -0.25) is 0 Å². The molecule has 0 amide bonds. The van der Waals surface area contributed by atoms with E-state index in [-0.39, 0.29) is 11.9 Å². The van der Waals surface area contributed by atoms with E-state index in [1.165, 1.54) is 17.2 Å². The fraction of sp³-hybridized carbons (Fsp3) is 0.250. The molecule has 0 aromatic heterocycles. The molecule has 0 aliphatic rings. The molecule has 19 heavy (non-hydrogen) atoms. The quantitative estimate of drug-likeness (QED) is 0.880. The summed E-state index contributed by atoms with van der Waals surface area (Å²) in [5.41, 5.74) is 3.40. The van der Waals surface area contributed by atoms with E-state index in [1.54, 1.807) is 6.07 Å². The fourth-order valence-electron chi connectivity index (χ4n) is 2.19. The Bertz CT molecular complexity index is 551. The first-order valence-electron chi connectivity index (χ1n) is 6.28. The average Bonchev–Trinajstić information content (AvgIpc) is 2.39. The highest BCUT2D eigenvalue weighted by atomic mass is 79.9. The SMILES string of the molecule is CNC(Cc1ccc(F)cc1C)c1ccc(Br)cc1. The predicted molar refractivity (Wildman–Crippen MR) is 80.8 cm³/mol. The average molecular weight is 322 g/mol. The molecule has 2 aromatic rings. The Morgan fingerprint density at radius 2 is 1.84 bits per heavy atom. The van der Waals surface area contributed by atoms with Gasteiger partial charge >= 0.3 is 0 Å². The molecule has 2 aromatic carbocycles. The molecule has 1 N–H and O–H groups in total. The summed E-state index contributed by atoms with van der Waals surface area (Å²) in [7, 11) is 1.95. The number of aryl methyl sites for hydroxylation is 1. The highest BCUT2D eigenvalue weighted by Crippen LogP contribution is 2.22. The van der Waals surface area contributed by atoms with Crippen molar-refractivity contribution in [3.63, 3.8) is 0 Å². The summed E-state index contributed by atoms with van der Waals surface area (Å²) in [6.07, 6.45) is 0.851. The zero-order chi connectivity index (χ0) is 13.8. The van der Waals surface area contributed by atoms with Crippen molar-refractivity contribution in [2.75, 3.05) is 7.05 Å². The van der Waals surface area contributed by atoms with Crippen LogP contribution in [0.2, 0.25) is 0 Å². The number of rotatable bonds is 4. The smallest absolute Gasteiger partial charge is 0.123 e. The lowest BCUT2D eigenvalue weighted by Gasteiger charge is -2.18. The second kappa shape index (κ2) is 6.31. The molecule has 1 nitrogen and oxygen atoms in total. The van der Waals surface area contributed by atoms with E-state index in [0.29, 0.717) is 0 Å². The second-order valence-electron chi connectivity index (χ2n) is 4.67. The summed E-state index contributed by atoms with van der Waals surface area (Å²) in [5.74, 6) is -0.175. The first-order valence-corrected chi connectivity index (χ1v) is 7.07. The minimum absolute atomic E-state index is 0.175. The topological polar surface area (TPSA) is 12.0 Å². The molecule has 0 fully saturated rings. The van der Waals surface area contributed by atoms with E-state index < -0.39 is 0 Å². The maximum Gasteiger partial charge on any atom is 0.123 e. The van der Waals surface area contributed by atoms with Gasteiger partial charge in [-0.25, -0.2) is 4.39 Å². The van der Waals surface area contributed by atoms with Crippen LogP contribution < -0.4 is 5.32 Å². The van der Waals surface area contributed by atoms with E-state index in [4.69, 9.17) is 0 Å². The minimum Gasteiger partial charge on any atom is -0.313 e. The molecular formula is C16H17BrFN. The molecule has 2 rings (SSSR count). The maximum atomic E-state index is 13.1. The van der Waals surface area contributed by atoms with Crippen LogP contribution in [0.5, 0.6) is 0 Å². The third kappa shape index (κ3) is 3.64. The number of halogens is 2. The number of likely N-dealkylation sites (N-methyl/N-ethyl adjacent to an activating group) is 1. The van der Waals surface area contributed by atoms with Crippen LogP contribution in [0, 0.1) is 12.7 Å². The first-order chi connectivity index (χ1) is 9.10. The molecule has 0 saturated heterocycles. The molecule has 3 heteroatoms. The van der Waals surface area contributed by atoms with Gasteiger partial charge in [0, 0.05) is 10.5 Å². The lowest BCUT2D eigenvalue weighted by molar-refractivity contribution is 0.587. The second-order valence-corrected chi connectivity index (χ2v) is 5.58. The Morgan fingerprint density at radius 1 is 1.16 bits per heavy atom. The predicted octanol–water partition coefficient (Wildman–Crippen LogP) is 4.40. The molecule has 0 heterocycles. The summed E-state index contributed by atoms with van der Waals surface area (Å²) in [5, 5.41) is 3.32. The summed E-state index contributed by atoms with van der Waals surface area (Å²) in [4.78, 5) is 0. The van der Waals surface area contributed by atoms with Crippen molar-refractivity contribution in [3.8, 4) is 0 Å². The van der Waals surface area contributed by atoms with Gasteiger partial charge < -0.3 is 5.32 Å². The normalized spacial score (nSPS) is 12.4. The van der Waals surface area contributed by atoms with Gasteiger partial charge in [-0.1, -0.05) is 34.1 Å². The molecular weight excluding hydrogens is 305 g/mol. The zero-order valence-electron chi connectivity index (χ0n) is 11.1. The van der Waals surface area contributed by atoms with Crippen LogP contribution >= 0.6 is 15.9 Å². The number of nitrogens with one attached hydrogen (secondary N) is 1. The van der Waals surface area contributed by atoms with Crippen LogP contribution in [-0.4, -0.2) is 7.05 Å². The molecule has 0 radical (unpaired) electrons. The van der Waals surface area contributed by atoms with Crippen LogP contribution in [0.4, 0.5) is 4.39 Å². The maximum absolute atomic E-state index is 13.1. The highest BCUT2D eigenvalue weighted by molar-refractivity contribution is 9.10. The molecule has 1 unspecified atom stereocenters. The van der Waals surface area contributed by atoms with E-state index in [9.17, 15) is 4.39 Å². The lowest BCUT2D eigenvalue weighted by atomic mass is 9.96. The highest BCUT2D eigenvalue weighted by Gasteiger charge is 2.11. The van der Waals surface area contributed by atoms with E-state index in [0.717, 1.165) is 16.5 Å². The molecule has 0 saturated carbocycles. The Morgan fingerprint density at radius 3 is 2.42 bits per heavy atom. The van der Waals surface area contributed by atoms with Crippen molar-refractivity contribution in [1.29, 1.82) is 0 Å². The molecule has 100 valence electrons. The molecule has 0 aliphatic carbocycles. The molecule has 1 atom stereocenters. The summed E-state index contributed by atoms with van der Waals surface area (Å²) in [6.45, 7) is 1.95. The van der Waals surface area contributed by atoms with Crippen molar-refractivity contribution in [3.05, 3.63) is 69.4 Å². The molecule has 0 aliphatic heterocycles. The zero-order valence-corrected chi connectivity index (χ0v) is 12.7. The first kappa shape index (κ1) is 14.2. The molecule has 0 spiro atoms. The van der Waals surface area contributed by atoms with Crippen LogP contribution in [0.15, 0.2) is 46.9 Å². The van der Waals surface area contributed by atoms with Gasteiger partial charge in [-0.2, -0.15) is 0 Å². The van der Waals surface area contributed by atoms with Crippen molar-refractivity contribution < 1.29 is 4.39 Å². The monoisotopic (exact) mass is 321 g/mol. The van der Waals surface area contributed by atoms with E-state index >= 15 is 0 Å². The van der Waals surface area contributed by atoms with Crippen molar-refractivity contribution in [1.82, 2.24) is 5.32 Å². The Kier molecular flexibility index (Phi) is 4.72. The van der Waals surface area contributed by atoms with Crippen molar-refractivity contribution >= 4 is 15.9 Å². The summed E-state index contributed by atoms with van der Waals surface area (Å²) in [6, 6.07) is 13.5. The van der Waals surface area contributed by atoms with Gasteiger partial charge in [0.1, 0.15) is 5.82 Å². The van der Waals surface area contributed by atoms with E-state index in [2.05, 4.69) is 33.4 Å². The Hall–Kier alpha value is -1.19. The van der Waals surface area contributed by atoms with Crippen LogP contribution in [0.3, 0.4) is 0 Å². The van der Waals surface area contributed by atoms with Crippen molar-refractivity contribution in [2.24, 2.45) is 0 Å². The number of benzene rings is 2. The van der Waals surface area contributed by atoms with Crippen LogP contribution in [0.1, 0.15) is 22.7 Å². The number of hydrogen-bond acceptors (Lipinski definition) is 1. The summed E-state index contributed by atoms with van der Waals surface area (Å²) < 4.78 is 14.2. The van der Waals surface area contributed by atoms with Gasteiger partial charge in [-0.15, -0.1) is 0 Å². The third-order valence-electron chi connectivity index (χ3n) is 3.35. The molecule has 0 bridgehead atoms. The summed E-state index contributed by atoms with van der Waals surface area (Å²) >= 11 is 3.44. The van der Waals surface area contributed by atoms with E-state index in [1.807, 2.05) is 32.2 Å². The van der Waals surface area contributed by atoms with Crippen molar-refractivity contribution in [2.45, 2.75) is 19.4 Å². The minimum atomic E-state index is -0.175. The Labute approximate surface area is 122 Å². The lowest BCUT2D eigenvalue weighted by Crippen LogP contribution is -2.19. The van der Waals surface area contributed by atoms with Gasteiger partial charge in [-0.05, 0) is 61.3 Å². The fourth-order valence-corrected chi connectivity index (χ4v) is 2.45. The van der Waals surface area contributed by atoms with Gasteiger partial charge in [0.2, 0.25) is 0 Å².